The molecule has 2 N–H and O–H groups in total. The molecule has 8 heteroatoms. The van der Waals surface area contributed by atoms with Crippen molar-refractivity contribution in [1.29, 1.82) is 0 Å². The zero-order valence-corrected chi connectivity index (χ0v) is 16.5. The molecule has 0 aliphatic carbocycles. The van der Waals surface area contributed by atoms with Crippen LogP contribution in [0.3, 0.4) is 0 Å². The number of benzene rings is 2. The van der Waals surface area contributed by atoms with Crippen molar-refractivity contribution < 1.29 is 23.5 Å². The van der Waals surface area contributed by atoms with Crippen LogP contribution in [0.1, 0.15) is 18.5 Å². The molecule has 0 aromatic heterocycles. The molecule has 0 saturated carbocycles. The highest BCUT2D eigenvalue weighted by atomic mass is 79.9. The van der Waals surface area contributed by atoms with Crippen LogP contribution in [-0.2, 0) is 14.3 Å². The molecule has 6 nitrogen and oxygen atoms in total. The number of anilines is 1. The van der Waals surface area contributed by atoms with E-state index in [9.17, 15) is 14.0 Å². The molecule has 0 aliphatic rings. The molecule has 0 radical (unpaired) electrons. The Morgan fingerprint density at radius 1 is 1.22 bits per heavy atom. The third-order valence-electron chi connectivity index (χ3n) is 3.65. The number of hydrogen-bond donors (Lipinski definition) is 2. The fourth-order valence-corrected chi connectivity index (χ4v) is 2.76. The van der Waals surface area contributed by atoms with E-state index >= 15 is 0 Å². The van der Waals surface area contributed by atoms with E-state index in [4.69, 9.17) is 9.47 Å². The van der Waals surface area contributed by atoms with Crippen molar-refractivity contribution in [3.05, 3.63) is 58.3 Å². The van der Waals surface area contributed by atoms with Crippen molar-refractivity contribution in [2.24, 2.45) is 0 Å². The maximum Gasteiger partial charge on any atom is 0.327 e. The molecule has 1 unspecified atom stereocenters. The highest BCUT2D eigenvalue weighted by Gasteiger charge is 2.24. The van der Waals surface area contributed by atoms with Gasteiger partial charge >= 0.3 is 5.97 Å². The fraction of sp³-hybridized carbons (Fsp3) is 0.263. The van der Waals surface area contributed by atoms with Gasteiger partial charge in [-0.05, 0) is 52.7 Å². The van der Waals surface area contributed by atoms with Crippen molar-refractivity contribution in [2.45, 2.75) is 13.0 Å². The Labute approximate surface area is 165 Å². The molecule has 0 fully saturated rings. The first kappa shape index (κ1) is 20.9. The molecule has 2 aromatic rings. The van der Waals surface area contributed by atoms with Gasteiger partial charge in [-0.15, -0.1) is 0 Å². The van der Waals surface area contributed by atoms with Crippen molar-refractivity contribution in [2.75, 3.05) is 25.6 Å². The second-order valence-electron chi connectivity index (χ2n) is 5.49. The number of esters is 1. The lowest BCUT2D eigenvalue weighted by Crippen LogP contribution is -2.36. The minimum atomic E-state index is -0.990. The highest BCUT2D eigenvalue weighted by Crippen LogP contribution is 2.23. The van der Waals surface area contributed by atoms with E-state index in [1.165, 1.54) is 19.2 Å². The maximum atomic E-state index is 14.0. The summed E-state index contributed by atoms with van der Waals surface area (Å²) in [6.07, 6.45) is 0. The van der Waals surface area contributed by atoms with Crippen molar-refractivity contribution in [3.63, 3.8) is 0 Å². The number of hydrogen-bond acceptors (Lipinski definition) is 5. The lowest BCUT2D eigenvalue weighted by Gasteiger charge is -2.18. The van der Waals surface area contributed by atoms with Crippen molar-refractivity contribution >= 4 is 33.5 Å². The van der Waals surface area contributed by atoms with Gasteiger partial charge in [0.1, 0.15) is 6.04 Å². The van der Waals surface area contributed by atoms with Gasteiger partial charge in [0.2, 0.25) is 5.91 Å². The van der Waals surface area contributed by atoms with Crippen LogP contribution in [0.25, 0.3) is 0 Å². The van der Waals surface area contributed by atoms with Crippen LogP contribution in [0.2, 0.25) is 0 Å². The van der Waals surface area contributed by atoms with E-state index in [1.54, 1.807) is 31.2 Å². The predicted octanol–water partition coefficient (Wildman–Crippen LogP) is 3.43. The Balaban J connectivity index is 2.11. The van der Waals surface area contributed by atoms with Crippen LogP contribution in [0, 0.1) is 5.82 Å². The largest absolute Gasteiger partial charge is 0.494 e. The number of ether oxygens (including phenoxy) is 2. The number of amides is 1. The molecule has 144 valence electrons. The standard InChI is InChI=1S/C19H20BrFN2O4/c1-3-27-19(25)18(12-8-9-16(26-2)14(21)10-12)22-11-17(24)23-15-7-5-4-6-13(15)20/h4-10,18,22H,3,11H2,1-2H3,(H,23,24). The number of halogens is 2. The highest BCUT2D eigenvalue weighted by molar-refractivity contribution is 9.10. The monoisotopic (exact) mass is 438 g/mol. The van der Waals surface area contributed by atoms with E-state index < -0.39 is 17.8 Å². The summed E-state index contributed by atoms with van der Waals surface area (Å²) in [5.74, 6) is -1.50. The number of rotatable bonds is 8. The van der Waals surface area contributed by atoms with Crippen LogP contribution in [0.15, 0.2) is 46.9 Å². The van der Waals surface area contributed by atoms with Crippen LogP contribution < -0.4 is 15.4 Å². The van der Waals surface area contributed by atoms with Crippen LogP contribution in [0.5, 0.6) is 5.75 Å². The van der Waals surface area contributed by atoms with Crippen molar-refractivity contribution in [1.82, 2.24) is 5.32 Å². The molecule has 2 aromatic carbocycles. The van der Waals surface area contributed by atoms with Gasteiger partial charge in [-0.25, -0.2) is 9.18 Å². The molecule has 0 bridgehead atoms. The average Bonchev–Trinajstić information content (AvgIpc) is 2.64. The molecule has 1 atom stereocenters. The number of carbonyl (C=O) groups excluding carboxylic acids is 2. The Kier molecular flexibility index (Phi) is 7.75. The predicted molar refractivity (Wildman–Crippen MR) is 103 cm³/mol. The summed E-state index contributed by atoms with van der Waals surface area (Å²) in [5, 5.41) is 5.54. The van der Waals surface area contributed by atoms with Crippen LogP contribution in [-0.4, -0.2) is 32.1 Å². The van der Waals surface area contributed by atoms with Gasteiger partial charge in [0.05, 0.1) is 25.9 Å². The van der Waals surface area contributed by atoms with E-state index in [0.29, 0.717) is 11.3 Å². The zero-order valence-electron chi connectivity index (χ0n) is 14.9. The minimum Gasteiger partial charge on any atom is -0.494 e. The summed E-state index contributed by atoms with van der Waals surface area (Å²) in [4.78, 5) is 24.5. The molecule has 0 heterocycles. The number of carbonyl (C=O) groups is 2. The van der Waals surface area contributed by atoms with Crippen LogP contribution in [0.4, 0.5) is 10.1 Å². The first-order chi connectivity index (χ1) is 13.0. The van der Waals surface area contributed by atoms with E-state index in [2.05, 4.69) is 26.6 Å². The molecule has 1 amide bonds. The molecule has 0 spiro atoms. The first-order valence-electron chi connectivity index (χ1n) is 8.24. The smallest absolute Gasteiger partial charge is 0.327 e. The third kappa shape index (κ3) is 5.77. The Morgan fingerprint density at radius 2 is 1.96 bits per heavy atom. The lowest BCUT2D eigenvalue weighted by atomic mass is 10.1. The van der Waals surface area contributed by atoms with Gasteiger partial charge in [0, 0.05) is 4.47 Å². The van der Waals surface area contributed by atoms with E-state index in [1.807, 2.05) is 6.07 Å². The Hall–Kier alpha value is -2.45. The second-order valence-corrected chi connectivity index (χ2v) is 6.34. The summed E-state index contributed by atoms with van der Waals surface area (Å²) in [6, 6.07) is 10.3. The summed E-state index contributed by atoms with van der Waals surface area (Å²) in [5.41, 5.74) is 0.938. The number of para-hydroxylation sites is 1. The number of methoxy groups -OCH3 is 1. The molecule has 27 heavy (non-hydrogen) atoms. The summed E-state index contributed by atoms with van der Waals surface area (Å²) >= 11 is 3.34. The molecule has 2 rings (SSSR count). The Bertz CT molecular complexity index is 816. The lowest BCUT2D eigenvalue weighted by molar-refractivity contribution is -0.145. The minimum absolute atomic E-state index is 0.0630. The van der Waals surface area contributed by atoms with Gasteiger partial charge in [-0.2, -0.15) is 0 Å². The maximum absolute atomic E-state index is 14.0. The molecule has 0 aliphatic heterocycles. The first-order valence-corrected chi connectivity index (χ1v) is 9.03. The molecule has 0 saturated heterocycles. The quantitative estimate of drug-likeness (QED) is 0.617. The van der Waals surface area contributed by atoms with E-state index in [-0.39, 0.29) is 24.8 Å². The average molecular weight is 439 g/mol. The zero-order chi connectivity index (χ0) is 19.8. The van der Waals surface area contributed by atoms with Crippen molar-refractivity contribution in [3.8, 4) is 5.75 Å². The normalized spacial score (nSPS) is 11.6. The van der Waals surface area contributed by atoms with Gasteiger partial charge in [0.25, 0.3) is 0 Å². The number of nitrogens with one attached hydrogen (secondary N) is 2. The summed E-state index contributed by atoms with van der Waals surface area (Å²) < 4.78 is 24.6. The van der Waals surface area contributed by atoms with E-state index in [0.717, 1.165) is 4.47 Å². The van der Waals surface area contributed by atoms with Gasteiger partial charge in [0.15, 0.2) is 11.6 Å². The topological polar surface area (TPSA) is 76.7 Å². The van der Waals surface area contributed by atoms with Gasteiger partial charge in [-0.3, -0.25) is 10.1 Å². The summed E-state index contributed by atoms with van der Waals surface area (Å²) in [7, 11) is 1.35. The summed E-state index contributed by atoms with van der Waals surface area (Å²) in [6.45, 7) is 1.67. The fourth-order valence-electron chi connectivity index (χ4n) is 2.38. The molecular formula is C19H20BrFN2O4. The Morgan fingerprint density at radius 3 is 2.59 bits per heavy atom. The SMILES string of the molecule is CCOC(=O)C(NCC(=O)Nc1ccccc1Br)c1ccc(OC)c(F)c1. The third-order valence-corrected chi connectivity index (χ3v) is 4.34. The van der Waals surface area contributed by atoms with Crippen LogP contribution >= 0.6 is 15.9 Å². The van der Waals surface area contributed by atoms with Gasteiger partial charge < -0.3 is 14.8 Å². The molecular weight excluding hydrogens is 419 g/mol. The van der Waals surface area contributed by atoms with Gasteiger partial charge in [-0.1, -0.05) is 18.2 Å². The second kappa shape index (κ2) is 10.0.